The van der Waals surface area contributed by atoms with Gasteiger partial charge in [0.1, 0.15) is 0 Å². The zero-order chi connectivity index (χ0) is 19.0. The average molecular weight is 372 g/mol. The highest BCUT2D eigenvalue weighted by molar-refractivity contribution is 6.08. The van der Waals surface area contributed by atoms with Crippen LogP contribution in [0.1, 0.15) is 0 Å². The van der Waals surface area contributed by atoms with Crippen molar-refractivity contribution in [1.82, 2.24) is 0 Å². The first-order valence-electron chi connectivity index (χ1n) is 4.58. The number of carbonyl (C=O) groups is 2. The summed E-state index contributed by atoms with van der Waals surface area (Å²) in [4.78, 5) is 19.9. The third-order valence-corrected chi connectivity index (χ3v) is 1.86. The van der Waals surface area contributed by atoms with Crippen molar-refractivity contribution in [3.05, 3.63) is 11.9 Å². The fourth-order valence-electron chi connectivity index (χ4n) is 0.798. The van der Waals surface area contributed by atoms with E-state index in [4.69, 9.17) is 0 Å². The van der Waals surface area contributed by atoms with Crippen LogP contribution in [0.4, 0.5) is 52.7 Å². The average Bonchev–Trinajstić information content (AvgIpc) is 2.34. The van der Waals surface area contributed by atoms with Gasteiger partial charge in [0.05, 0.1) is 0 Å². The first-order chi connectivity index (χ1) is 9.91. The van der Waals surface area contributed by atoms with E-state index in [2.05, 4.69) is 0 Å². The summed E-state index contributed by atoms with van der Waals surface area (Å²) in [5, 5.41) is 0. The first kappa shape index (κ1) is 21.2. The van der Waals surface area contributed by atoms with E-state index in [1.807, 2.05) is 0 Å². The van der Waals surface area contributed by atoms with Crippen molar-refractivity contribution in [2.75, 3.05) is 0 Å². The third-order valence-electron chi connectivity index (χ3n) is 1.86. The van der Waals surface area contributed by atoms with Crippen molar-refractivity contribution in [3.63, 3.8) is 0 Å². The molecule has 0 rings (SSSR count). The van der Waals surface area contributed by atoms with Gasteiger partial charge in [-0.15, -0.1) is 0 Å². The van der Waals surface area contributed by atoms with Gasteiger partial charge in [-0.1, -0.05) is 0 Å². The molecule has 0 unspecified atom stereocenters. The van der Waals surface area contributed by atoms with Gasteiger partial charge in [0, 0.05) is 0 Å². The summed E-state index contributed by atoms with van der Waals surface area (Å²) in [6, 6.07) is -4.15. The highest BCUT2D eigenvalue weighted by Crippen LogP contribution is 2.45. The van der Waals surface area contributed by atoms with Gasteiger partial charge in [0.2, 0.25) is 0 Å². The van der Waals surface area contributed by atoms with Crippen LogP contribution in [-0.2, 0) is 14.3 Å². The summed E-state index contributed by atoms with van der Waals surface area (Å²) in [7, 11) is 0. The van der Waals surface area contributed by atoms with Crippen molar-refractivity contribution in [3.8, 4) is 0 Å². The van der Waals surface area contributed by atoms with Crippen molar-refractivity contribution in [2.45, 2.75) is 24.1 Å². The molecule has 0 N–H and O–H groups in total. The van der Waals surface area contributed by atoms with Crippen molar-refractivity contribution in [1.29, 1.82) is 0 Å². The summed E-state index contributed by atoms with van der Waals surface area (Å²) in [5.74, 6) is -22.0. The molecule has 0 saturated carbocycles. The lowest BCUT2D eigenvalue weighted by Gasteiger charge is -2.28. The lowest BCUT2D eigenvalue weighted by atomic mass is 10.1. The molecule has 0 aliphatic rings. The Morgan fingerprint density at radius 1 is 0.739 bits per heavy atom. The summed E-state index contributed by atoms with van der Waals surface area (Å²) < 4.78 is 149. The second-order valence-electron chi connectivity index (χ2n) is 3.46. The number of hydrogen-bond donors (Lipinski definition) is 0. The third kappa shape index (κ3) is 3.94. The highest BCUT2D eigenvalue weighted by Gasteiger charge is 2.74. The smallest absolute Gasteiger partial charge is 0.285 e. The van der Waals surface area contributed by atoms with Gasteiger partial charge in [-0.3, -0.25) is 9.59 Å². The van der Waals surface area contributed by atoms with Crippen LogP contribution in [0.5, 0.6) is 0 Å². The fourth-order valence-corrected chi connectivity index (χ4v) is 0.798. The molecule has 0 heterocycles. The molecule has 134 valence electrons. The Balaban J connectivity index is 5.79. The van der Waals surface area contributed by atoms with Crippen LogP contribution in [0.25, 0.3) is 0 Å². The first-order valence-corrected chi connectivity index (χ1v) is 4.58. The molecule has 0 bridgehead atoms. The van der Waals surface area contributed by atoms with Crippen LogP contribution >= 0.6 is 0 Å². The largest absolute Gasteiger partial charge is 0.432 e. The highest BCUT2D eigenvalue weighted by atomic mass is 19.3. The predicted molar refractivity (Wildman–Crippen MR) is 42.3 cm³/mol. The number of ether oxygens (including phenoxy) is 1. The minimum absolute atomic E-state index is 1.69. The molecule has 0 saturated heterocycles. The van der Waals surface area contributed by atoms with E-state index in [0.717, 1.165) is 0 Å². The molecule has 0 amide bonds. The number of Topliss-reactive ketones (excluding diaryl/α,β-unsaturated/α-hetero) is 1. The van der Waals surface area contributed by atoms with E-state index >= 15 is 0 Å². The number of rotatable bonds is 7. The van der Waals surface area contributed by atoms with Crippen LogP contribution in [-0.4, -0.2) is 35.9 Å². The molecule has 0 atom stereocenters. The Morgan fingerprint density at radius 2 is 1.13 bits per heavy atom. The van der Waals surface area contributed by atoms with Gasteiger partial charge in [-0.25, -0.2) is 4.74 Å². The fraction of sp³-hybridized carbons (Fsp3) is 0.500. The maximum Gasteiger partial charge on any atom is 0.432 e. The maximum absolute atomic E-state index is 12.8. The molecule has 0 aliphatic carbocycles. The van der Waals surface area contributed by atoms with E-state index in [1.165, 1.54) is 0 Å². The Bertz CT molecular complexity index is 532. The molecular weight excluding hydrogens is 372 g/mol. The van der Waals surface area contributed by atoms with E-state index < -0.39 is 47.8 Å². The van der Waals surface area contributed by atoms with Crippen LogP contribution in [0, 0.1) is 0 Å². The number of hydrogen-bond acceptors (Lipinski definition) is 3. The van der Waals surface area contributed by atoms with Gasteiger partial charge >= 0.3 is 36.2 Å². The van der Waals surface area contributed by atoms with Crippen LogP contribution in [0.15, 0.2) is 11.9 Å². The molecule has 0 aliphatic heterocycles. The Hall–Kier alpha value is -1.80. The standard InChI is InChI=1S/C8F12O3/c9-1(2(10)11)7(17,18)23-8(19,20)6(15,16)3(21)5(13,14)4(12)22. The molecule has 23 heavy (non-hydrogen) atoms. The van der Waals surface area contributed by atoms with Gasteiger partial charge in [0.25, 0.3) is 11.6 Å². The Kier molecular flexibility index (Phi) is 5.54. The zero-order valence-corrected chi connectivity index (χ0v) is 9.76. The van der Waals surface area contributed by atoms with Gasteiger partial charge < -0.3 is 0 Å². The normalized spacial score (nSPS) is 13.7. The molecule has 0 aromatic carbocycles. The minimum Gasteiger partial charge on any atom is -0.285 e. The van der Waals surface area contributed by atoms with Crippen molar-refractivity contribution in [2.24, 2.45) is 0 Å². The van der Waals surface area contributed by atoms with Gasteiger partial charge in [-0.2, -0.15) is 52.7 Å². The minimum atomic E-state index is -7.03. The summed E-state index contributed by atoms with van der Waals surface area (Å²) in [6.45, 7) is 0. The molecule has 0 aromatic rings. The summed E-state index contributed by atoms with van der Waals surface area (Å²) in [6.07, 6.45) is -17.5. The molecule has 0 radical (unpaired) electrons. The van der Waals surface area contributed by atoms with Gasteiger partial charge in [0.15, 0.2) is 0 Å². The molecule has 0 spiro atoms. The molecular formula is C8F12O3. The van der Waals surface area contributed by atoms with Crippen molar-refractivity contribution < 1.29 is 67.0 Å². The number of carbonyl (C=O) groups excluding carboxylic acids is 2. The topological polar surface area (TPSA) is 43.4 Å². The van der Waals surface area contributed by atoms with Gasteiger partial charge in [-0.05, 0) is 0 Å². The van der Waals surface area contributed by atoms with E-state index in [1.54, 1.807) is 4.74 Å². The quantitative estimate of drug-likeness (QED) is 0.390. The van der Waals surface area contributed by atoms with Crippen LogP contribution in [0.3, 0.4) is 0 Å². The second kappa shape index (κ2) is 6.01. The molecule has 15 heteroatoms. The van der Waals surface area contributed by atoms with Crippen molar-refractivity contribution >= 4 is 11.8 Å². The maximum atomic E-state index is 12.8. The lowest BCUT2D eigenvalue weighted by Crippen LogP contribution is -2.58. The Labute approximate surface area is 116 Å². The second-order valence-corrected chi connectivity index (χ2v) is 3.46. The summed E-state index contributed by atoms with van der Waals surface area (Å²) in [5.41, 5.74) is 0. The van der Waals surface area contributed by atoms with Crippen LogP contribution in [0.2, 0.25) is 0 Å². The monoisotopic (exact) mass is 372 g/mol. The summed E-state index contributed by atoms with van der Waals surface area (Å²) >= 11 is 0. The number of halogens is 12. The van der Waals surface area contributed by atoms with E-state index in [9.17, 15) is 62.3 Å². The number of alkyl halides is 8. The molecule has 0 fully saturated rings. The lowest BCUT2D eigenvalue weighted by molar-refractivity contribution is -0.414. The molecule has 0 aromatic heterocycles. The van der Waals surface area contributed by atoms with E-state index in [0.29, 0.717) is 0 Å². The predicted octanol–water partition coefficient (Wildman–Crippen LogP) is 3.60. The SMILES string of the molecule is O=C(F)C(F)(F)C(=O)C(F)(F)C(F)(F)OC(F)(F)C(F)=C(F)F. The van der Waals surface area contributed by atoms with Crippen LogP contribution < -0.4 is 0 Å². The van der Waals surface area contributed by atoms with E-state index in [-0.39, 0.29) is 0 Å². The molecule has 3 nitrogen and oxygen atoms in total. The Morgan fingerprint density at radius 3 is 1.43 bits per heavy atom. The number of ketones is 1. The zero-order valence-electron chi connectivity index (χ0n) is 9.76.